The first-order valence-electron chi connectivity index (χ1n) is 10.1. The van der Waals surface area contributed by atoms with Crippen molar-refractivity contribution in [2.45, 2.75) is 64.6 Å². The Hall–Kier alpha value is -1.40. The van der Waals surface area contributed by atoms with Gasteiger partial charge in [-0.15, -0.1) is 0 Å². The maximum Gasteiger partial charge on any atom is 0.244 e. The molecule has 4 heterocycles. The van der Waals surface area contributed by atoms with Crippen LogP contribution in [-0.2, 0) is 17.8 Å². The van der Waals surface area contributed by atoms with E-state index in [1.54, 1.807) is 6.20 Å². The quantitative estimate of drug-likeness (QED) is 0.881. The molecule has 6 heteroatoms. The standard InChI is InChI=1S/C17H27N5O.C2H6/c23-17-13-22-16(3-9-19-22)6-12-21(17)15-4-10-20(11-5-15)14-1-7-18-8-2-14;1-2/h3,9,14-15,18H,1-2,4-8,10-13H2;1-2H3. The van der Waals surface area contributed by atoms with E-state index in [1.807, 2.05) is 24.6 Å². The lowest BCUT2D eigenvalue weighted by molar-refractivity contribution is -0.135. The smallest absolute Gasteiger partial charge is 0.244 e. The minimum absolute atomic E-state index is 0.243. The van der Waals surface area contributed by atoms with Gasteiger partial charge in [0.15, 0.2) is 0 Å². The molecule has 1 N–H and O–H groups in total. The van der Waals surface area contributed by atoms with Gasteiger partial charge in [-0.1, -0.05) is 13.8 Å². The third kappa shape index (κ3) is 4.23. The minimum Gasteiger partial charge on any atom is -0.338 e. The molecule has 4 rings (SSSR count). The van der Waals surface area contributed by atoms with Crippen LogP contribution in [0.3, 0.4) is 0 Å². The summed E-state index contributed by atoms with van der Waals surface area (Å²) in [6.45, 7) is 9.86. The van der Waals surface area contributed by atoms with Crippen molar-refractivity contribution < 1.29 is 4.79 Å². The highest BCUT2D eigenvalue weighted by atomic mass is 16.2. The van der Waals surface area contributed by atoms with Crippen molar-refractivity contribution in [3.63, 3.8) is 0 Å². The maximum absolute atomic E-state index is 12.6. The molecule has 0 unspecified atom stereocenters. The van der Waals surface area contributed by atoms with E-state index in [0.29, 0.717) is 12.6 Å². The molecular weight excluding hydrogens is 314 g/mol. The first-order chi connectivity index (χ1) is 12.3. The third-order valence-electron chi connectivity index (χ3n) is 5.78. The number of rotatable bonds is 2. The fourth-order valence-electron chi connectivity index (χ4n) is 4.41. The molecule has 1 aromatic heterocycles. The summed E-state index contributed by atoms with van der Waals surface area (Å²) in [5.41, 5.74) is 1.19. The summed E-state index contributed by atoms with van der Waals surface area (Å²) in [6, 6.07) is 3.21. The lowest BCUT2D eigenvalue weighted by Crippen LogP contribution is -2.52. The van der Waals surface area contributed by atoms with Crippen LogP contribution in [0.1, 0.15) is 45.2 Å². The number of piperidine rings is 2. The number of hydrogen-bond donors (Lipinski definition) is 1. The molecule has 1 amide bonds. The second-order valence-electron chi connectivity index (χ2n) is 7.07. The number of nitrogens with zero attached hydrogens (tertiary/aromatic N) is 4. The second-order valence-corrected chi connectivity index (χ2v) is 7.07. The maximum atomic E-state index is 12.6. The van der Waals surface area contributed by atoms with Gasteiger partial charge in [0, 0.05) is 50.0 Å². The Morgan fingerprint density at radius 3 is 2.48 bits per heavy atom. The molecule has 0 aromatic carbocycles. The van der Waals surface area contributed by atoms with Crippen molar-refractivity contribution >= 4 is 5.91 Å². The molecular formula is C19H33N5O. The number of fused-ring (bicyclic) bond motifs is 1. The van der Waals surface area contributed by atoms with Crippen LogP contribution < -0.4 is 5.32 Å². The number of likely N-dealkylation sites (tertiary alicyclic amines) is 1. The van der Waals surface area contributed by atoms with Crippen LogP contribution in [0.25, 0.3) is 0 Å². The number of aromatic nitrogens is 2. The van der Waals surface area contributed by atoms with Crippen molar-refractivity contribution in [1.82, 2.24) is 24.9 Å². The van der Waals surface area contributed by atoms with Gasteiger partial charge in [0.1, 0.15) is 6.54 Å². The summed E-state index contributed by atoms with van der Waals surface area (Å²) in [5, 5.41) is 7.72. The molecule has 0 aliphatic carbocycles. The lowest BCUT2D eigenvalue weighted by atomic mass is 9.97. The van der Waals surface area contributed by atoms with Crippen molar-refractivity contribution in [3.8, 4) is 0 Å². The predicted molar refractivity (Wildman–Crippen MR) is 99.5 cm³/mol. The molecule has 6 nitrogen and oxygen atoms in total. The summed E-state index contributed by atoms with van der Waals surface area (Å²) in [5.74, 6) is 0.243. The van der Waals surface area contributed by atoms with Gasteiger partial charge in [0.05, 0.1) is 0 Å². The van der Waals surface area contributed by atoms with Gasteiger partial charge >= 0.3 is 0 Å². The third-order valence-corrected chi connectivity index (χ3v) is 5.78. The zero-order valence-electron chi connectivity index (χ0n) is 15.8. The Bertz CT molecular complexity index is 544. The molecule has 3 aliphatic rings. The van der Waals surface area contributed by atoms with Crippen LogP contribution in [0.5, 0.6) is 0 Å². The Morgan fingerprint density at radius 2 is 1.76 bits per heavy atom. The highest BCUT2D eigenvalue weighted by Crippen LogP contribution is 2.23. The van der Waals surface area contributed by atoms with Crippen molar-refractivity contribution in [3.05, 3.63) is 18.0 Å². The van der Waals surface area contributed by atoms with Gasteiger partial charge in [0.25, 0.3) is 0 Å². The van der Waals surface area contributed by atoms with E-state index >= 15 is 0 Å². The Balaban J connectivity index is 0.000000880. The van der Waals surface area contributed by atoms with E-state index < -0.39 is 0 Å². The second kappa shape index (κ2) is 8.81. The van der Waals surface area contributed by atoms with Crippen LogP contribution in [0.4, 0.5) is 0 Å². The molecule has 3 aliphatic heterocycles. The Morgan fingerprint density at radius 1 is 1.04 bits per heavy atom. The zero-order valence-corrected chi connectivity index (χ0v) is 15.8. The molecule has 0 radical (unpaired) electrons. The van der Waals surface area contributed by atoms with E-state index in [4.69, 9.17) is 0 Å². The number of nitrogens with one attached hydrogen (secondary N) is 1. The van der Waals surface area contributed by atoms with E-state index in [2.05, 4.69) is 20.2 Å². The largest absolute Gasteiger partial charge is 0.338 e. The zero-order chi connectivity index (χ0) is 17.6. The summed E-state index contributed by atoms with van der Waals surface area (Å²) < 4.78 is 1.87. The number of hydrogen-bond acceptors (Lipinski definition) is 4. The van der Waals surface area contributed by atoms with E-state index in [0.717, 1.165) is 58.0 Å². The highest BCUT2D eigenvalue weighted by Gasteiger charge is 2.32. The fraction of sp³-hybridized carbons (Fsp3) is 0.789. The minimum atomic E-state index is 0.243. The van der Waals surface area contributed by atoms with Crippen LogP contribution in [0, 0.1) is 0 Å². The van der Waals surface area contributed by atoms with E-state index in [1.165, 1.54) is 18.5 Å². The molecule has 2 fully saturated rings. The average molecular weight is 348 g/mol. The molecule has 25 heavy (non-hydrogen) atoms. The predicted octanol–water partition coefficient (Wildman–Crippen LogP) is 1.51. The summed E-state index contributed by atoms with van der Waals surface area (Å²) in [7, 11) is 0. The van der Waals surface area contributed by atoms with Gasteiger partial charge in [0.2, 0.25) is 5.91 Å². The first kappa shape index (κ1) is 18.4. The summed E-state index contributed by atoms with van der Waals surface area (Å²) in [4.78, 5) is 17.4. The van der Waals surface area contributed by atoms with Crippen LogP contribution in [0.2, 0.25) is 0 Å². The number of amides is 1. The summed E-state index contributed by atoms with van der Waals surface area (Å²) in [6.07, 6.45) is 7.52. The Labute approximate surface area is 151 Å². The SMILES string of the molecule is CC.O=C1Cn2nccc2CCN1C1CCN(C2CCNCC2)CC1. The van der Waals surface area contributed by atoms with Crippen LogP contribution in [0.15, 0.2) is 12.3 Å². The normalized spacial score (nSPS) is 23.6. The molecule has 0 saturated carbocycles. The molecule has 2 saturated heterocycles. The molecule has 0 atom stereocenters. The van der Waals surface area contributed by atoms with Gasteiger partial charge in [-0.05, 0) is 44.8 Å². The van der Waals surface area contributed by atoms with Gasteiger partial charge in [-0.3, -0.25) is 9.48 Å². The topological polar surface area (TPSA) is 53.4 Å². The average Bonchev–Trinajstić information content (AvgIpc) is 3.05. The molecule has 1 aromatic rings. The van der Waals surface area contributed by atoms with Gasteiger partial charge in [-0.2, -0.15) is 5.10 Å². The Kier molecular flexibility index (Phi) is 6.48. The van der Waals surface area contributed by atoms with E-state index in [9.17, 15) is 4.79 Å². The fourth-order valence-corrected chi connectivity index (χ4v) is 4.41. The van der Waals surface area contributed by atoms with Gasteiger partial charge in [-0.25, -0.2) is 0 Å². The van der Waals surface area contributed by atoms with Gasteiger partial charge < -0.3 is 15.1 Å². The highest BCUT2D eigenvalue weighted by molar-refractivity contribution is 5.76. The van der Waals surface area contributed by atoms with E-state index in [-0.39, 0.29) is 5.91 Å². The summed E-state index contributed by atoms with van der Waals surface area (Å²) >= 11 is 0. The molecule has 0 spiro atoms. The lowest BCUT2D eigenvalue weighted by Gasteiger charge is -2.42. The monoisotopic (exact) mass is 347 g/mol. The van der Waals surface area contributed by atoms with Crippen LogP contribution >= 0.6 is 0 Å². The van der Waals surface area contributed by atoms with Crippen molar-refractivity contribution in [2.24, 2.45) is 0 Å². The van der Waals surface area contributed by atoms with Crippen molar-refractivity contribution in [2.75, 3.05) is 32.7 Å². The molecule has 0 bridgehead atoms. The number of carbonyl (C=O) groups is 1. The van der Waals surface area contributed by atoms with Crippen LogP contribution in [-0.4, -0.2) is 70.3 Å². The number of carbonyl (C=O) groups excluding carboxylic acids is 1. The first-order valence-corrected chi connectivity index (χ1v) is 10.1. The molecule has 140 valence electrons. The van der Waals surface area contributed by atoms with Crippen molar-refractivity contribution in [1.29, 1.82) is 0 Å².